The molecule has 0 bridgehead atoms. The van der Waals surface area contributed by atoms with Gasteiger partial charge in [-0.3, -0.25) is 14.9 Å². The second-order valence-electron chi connectivity index (χ2n) is 6.14. The second kappa shape index (κ2) is 6.29. The third kappa shape index (κ3) is 3.53. The molecule has 0 radical (unpaired) electrons. The van der Waals surface area contributed by atoms with Crippen LogP contribution in [0.3, 0.4) is 0 Å². The third-order valence-corrected chi connectivity index (χ3v) is 5.14. The number of aromatic nitrogens is 2. The average molecular weight is 333 g/mol. The van der Waals surface area contributed by atoms with E-state index in [9.17, 15) is 9.59 Å². The van der Waals surface area contributed by atoms with Gasteiger partial charge < -0.3 is 10.6 Å². The largest absolute Gasteiger partial charge is 0.341 e. The molecule has 0 spiro atoms. The maximum Gasteiger partial charge on any atom is 0.290 e. The highest BCUT2D eigenvalue weighted by molar-refractivity contribution is 8.18. The first kappa shape index (κ1) is 15.9. The number of hydrogen-bond donors (Lipinski definition) is 2. The summed E-state index contributed by atoms with van der Waals surface area (Å²) >= 11 is 0.886. The molecule has 3 heterocycles. The minimum absolute atomic E-state index is 0.190. The van der Waals surface area contributed by atoms with Crippen molar-refractivity contribution in [2.45, 2.75) is 19.8 Å². The zero-order valence-electron chi connectivity index (χ0n) is 12.9. The normalized spacial score (nSPS) is 22.5. The van der Waals surface area contributed by atoms with Crippen LogP contribution in [0.4, 0.5) is 10.7 Å². The number of imide groups is 1. The highest BCUT2D eigenvalue weighted by Gasteiger charge is 2.30. The van der Waals surface area contributed by atoms with Crippen LogP contribution in [0.25, 0.3) is 6.08 Å². The first-order chi connectivity index (χ1) is 11.0. The maximum atomic E-state index is 11.6. The zero-order chi connectivity index (χ0) is 16.4. The lowest BCUT2D eigenvalue weighted by Gasteiger charge is -2.38. The topological polar surface area (TPSA) is 101 Å². The molecule has 1 aromatic rings. The van der Waals surface area contributed by atoms with Gasteiger partial charge >= 0.3 is 0 Å². The van der Waals surface area contributed by atoms with Crippen LogP contribution in [-0.2, 0) is 4.79 Å². The van der Waals surface area contributed by atoms with Gasteiger partial charge in [-0.15, -0.1) is 0 Å². The summed E-state index contributed by atoms with van der Waals surface area (Å²) in [5, 5.41) is 1.88. The molecule has 0 saturated carbocycles. The number of rotatable bonds is 3. The summed E-state index contributed by atoms with van der Waals surface area (Å²) in [6.07, 6.45) is 5.30. The SMILES string of the molecule is CC1(CN)CCN(c2nccc(/C=C3\SC(=O)NC3=O)n2)CC1. The first-order valence-electron chi connectivity index (χ1n) is 7.52. The summed E-state index contributed by atoms with van der Waals surface area (Å²) in [6.45, 7) is 4.62. The fraction of sp³-hybridized carbons (Fsp3) is 0.467. The molecule has 0 unspecified atom stereocenters. The van der Waals surface area contributed by atoms with Gasteiger partial charge in [0.2, 0.25) is 5.95 Å². The van der Waals surface area contributed by atoms with Gasteiger partial charge in [-0.1, -0.05) is 6.92 Å². The molecule has 0 aliphatic carbocycles. The van der Waals surface area contributed by atoms with E-state index >= 15 is 0 Å². The second-order valence-corrected chi connectivity index (χ2v) is 7.15. The molecule has 3 N–H and O–H groups in total. The van der Waals surface area contributed by atoms with Gasteiger partial charge in [0.15, 0.2) is 0 Å². The predicted molar refractivity (Wildman–Crippen MR) is 89.7 cm³/mol. The van der Waals surface area contributed by atoms with E-state index in [1.807, 2.05) is 0 Å². The van der Waals surface area contributed by atoms with Crippen LogP contribution in [0.5, 0.6) is 0 Å². The molecule has 2 aliphatic heterocycles. The monoisotopic (exact) mass is 333 g/mol. The van der Waals surface area contributed by atoms with E-state index in [1.54, 1.807) is 18.3 Å². The zero-order valence-corrected chi connectivity index (χ0v) is 13.7. The van der Waals surface area contributed by atoms with Crippen LogP contribution in [0.15, 0.2) is 17.2 Å². The number of anilines is 1. The third-order valence-electron chi connectivity index (χ3n) is 4.33. The molecule has 2 fully saturated rings. The molecule has 8 heteroatoms. The van der Waals surface area contributed by atoms with Crippen molar-refractivity contribution >= 4 is 34.9 Å². The van der Waals surface area contributed by atoms with Crippen LogP contribution in [0, 0.1) is 5.41 Å². The van der Waals surface area contributed by atoms with Gasteiger partial charge in [-0.05, 0) is 48.7 Å². The Hall–Kier alpha value is -1.93. The lowest BCUT2D eigenvalue weighted by atomic mass is 9.81. The Bertz CT molecular complexity index is 668. The van der Waals surface area contributed by atoms with Crippen molar-refractivity contribution in [2.75, 3.05) is 24.5 Å². The van der Waals surface area contributed by atoms with Gasteiger partial charge in [0, 0.05) is 19.3 Å². The maximum absolute atomic E-state index is 11.6. The number of nitrogens with zero attached hydrogens (tertiary/aromatic N) is 3. The Kier molecular flexibility index (Phi) is 4.36. The molecule has 2 aliphatic rings. The van der Waals surface area contributed by atoms with E-state index < -0.39 is 0 Å². The van der Waals surface area contributed by atoms with Gasteiger partial charge in [0.05, 0.1) is 10.6 Å². The number of piperidine rings is 1. The number of amides is 2. The number of carbonyl (C=O) groups excluding carboxylic acids is 2. The average Bonchev–Trinajstić information content (AvgIpc) is 2.86. The Morgan fingerprint density at radius 3 is 2.78 bits per heavy atom. The first-order valence-corrected chi connectivity index (χ1v) is 8.34. The number of hydrogen-bond acceptors (Lipinski definition) is 7. The van der Waals surface area contributed by atoms with Crippen LogP contribution < -0.4 is 16.0 Å². The van der Waals surface area contributed by atoms with Crippen molar-refractivity contribution in [3.63, 3.8) is 0 Å². The molecule has 2 amide bonds. The molecule has 7 nitrogen and oxygen atoms in total. The molecular formula is C15H19N5O2S. The van der Waals surface area contributed by atoms with E-state index in [1.165, 1.54) is 0 Å². The molecule has 0 atom stereocenters. The lowest BCUT2D eigenvalue weighted by molar-refractivity contribution is -0.115. The fourth-order valence-corrected chi connectivity index (χ4v) is 3.27. The minimum Gasteiger partial charge on any atom is -0.341 e. The summed E-state index contributed by atoms with van der Waals surface area (Å²) in [5.74, 6) is 0.269. The van der Waals surface area contributed by atoms with Gasteiger partial charge in [-0.2, -0.15) is 0 Å². The standard InChI is InChI=1S/C15H19N5O2S/c1-15(9-16)3-6-20(7-4-15)13-17-5-2-10(18-13)8-11-12(21)19-14(22)23-11/h2,5,8H,3-4,6-7,9,16H2,1H3,(H,19,21,22)/b11-8-. The number of nitrogens with one attached hydrogen (secondary N) is 1. The number of carbonyl (C=O) groups is 2. The van der Waals surface area contributed by atoms with Crippen molar-refractivity contribution < 1.29 is 9.59 Å². The van der Waals surface area contributed by atoms with E-state index in [2.05, 4.69) is 27.1 Å². The Morgan fingerprint density at radius 2 is 2.17 bits per heavy atom. The van der Waals surface area contributed by atoms with Crippen molar-refractivity contribution in [3.8, 4) is 0 Å². The molecule has 2 saturated heterocycles. The quantitative estimate of drug-likeness (QED) is 0.805. The Morgan fingerprint density at radius 1 is 1.43 bits per heavy atom. The van der Waals surface area contributed by atoms with Crippen LogP contribution in [0.2, 0.25) is 0 Å². The van der Waals surface area contributed by atoms with E-state index in [0.717, 1.165) is 37.7 Å². The van der Waals surface area contributed by atoms with Gasteiger partial charge in [-0.25, -0.2) is 9.97 Å². The van der Waals surface area contributed by atoms with E-state index in [0.29, 0.717) is 23.1 Å². The Labute approximate surface area is 138 Å². The van der Waals surface area contributed by atoms with Gasteiger partial charge in [0.25, 0.3) is 11.1 Å². The molecule has 0 aromatic carbocycles. The van der Waals surface area contributed by atoms with Crippen LogP contribution >= 0.6 is 11.8 Å². The van der Waals surface area contributed by atoms with Crippen molar-refractivity contribution in [1.29, 1.82) is 0 Å². The summed E-state index contributed by atoms with van der Waals surface area (Å²) in [6, 6.07) is 1.72. The molecular weight excluding hydrogens is 314 g/mol. The molecule has 23 heavy (non-hydrogen) atoms. The summed E-state index contributed by atoms with van der Waals surface area (Å²) in [4.78, 5) is 34.1. The van der Waals surface area contributed by atoms with E-state index in [-0.39, 0.29) is 16.6 Å². The molecule has 1 aromatic heterocycles. The smallest absolute Gasteiger partial charge is 0.290 e. The van der Waals surface area contributed by atoms with E-state index in [4.69, 9.17) is 5.73 Å². The highest BCUT2D eigenvalue weighted by atomic mass is 32.2. The molecule has 122 valence electrons. The van der Waals surface area contributed by atoms with Crippen LogP contribution in [-0.4, -0.2) is 40.7 Å². The fourth-order valence-electron chi connectivity index (χ4n) is 2.60. The summed E-state index contributed by atoms with van der Waals surface area (Å²) in [7, 11) is 0. The lowest BCUT2D eigenvalue weighted by Crippen LogP contribution is -2.42. The van der Waals surface area contributed by atoms with Crippen LogP contribution in [0.1, 0.15) is 25.5 Å². The molecule has 3 rings (SSSR count). The minimum atomic E-state index is -0.378. The number of thioether (sulfide) groups is 1. The van der Waals surface area contributed by atoms with Crippen molar-refractivity contribution in [2.24, 2.45) is 11.1 Å². The summed E-state index contributed by atoms with van der Waals surface area (Å²) in [5.41, 5.74) is 6.65. The van der Waals surface area contributed by atoms with Crippen molar-refractivity contribution in [1.82, 2.24) is 15.3 Å². The summed E-state index contributed by atoms with van der Waals surface area (Å²) < 4.78 is 0. The highest BCUT2D eigenvalue weighted by Crippen LogP contribution is 2.31. The van der Waals surface area contributed by atoms with Crippen molar-refractivity contribution in [3.05, 3.63) is 22.9 Å². The Balaban J connectivity index is 1.75. The predicted octanol–water partition coefficient (Wildman–Crippen LogP) is 1.37. The van der Waals surface area contributed by atoms with Gasteiger partial charge in [0.1, 0.15) is 0 Å². The number of nitrogens with two attached hydrogens (primary N) is 1.